The largest absolute Gasteiger partial charge is 0.445 e. The molecule has 0 aromatic heterocycles. The standard InChI is InChI=1S/C9H10N2O/c10-5-7-4-6-2-1-3-8(6)12-9(7)11/h1-4,11H2. The molecule has 62 valence electrons. The molecule has 3 heteroatoms. The summed E-state index contributed by atoms with van der Waals surface area (Å²) < 4.78 is 5.33. The second kappa shape index (κ2) is 2.56. The van der Waals surface area contributed by atoms with Crippen LogP contribution in [0.15, 0.2) is 22.8 Å². The summed E-state index contributed by atoms with van der Waals surface area (Å²) in [5.41, 5.74) is 7.39. The van der Waals surface area contributed by atoms with E-state index in [0.29, 0.717) is 17.9 Å². The predicted octanol–water partition coefficient (Wildman–Crippen LogP) is 1.54. The summed E-state index contributed by atoms with van der Waals surface area (Å²) in [7, 11) is 0. The van der Waals surface area contributed by atoms with Crippen LogP contribution in [0.25, 0.3) is 0 Å². The van der Waals surface area contributed by atoms with Crippen molar-refractivity contribution in [3.63, 3.8) is 0 Å². The lowest BCUT2D eigenvalue weighted by atomic mass is 10.0. The zero-order valence-corrected chi connectivity index (χ0v) is 6.76. The number of hydrogen-bond acceptors (Lipinski definition) is 3. The van der Waals surface area contributed by atoms with Crippen molar-refractivity contribution >= 4 is 0 Å². The Morgan fingerprint density at radius 2 is 2.25 bits per heavy atom. The molecule has 0 atom stereocenters. The lowest BCUT2D eigenvalue weighted by Gasteiger charge is -2.16. The van der Waals surface area contributed by atoms with Gasteiger partial charge in [0, 0.05) is 12.8 Å². The lowest BCUT2D eigenvalue weighted by molar-refractivity contribution is 0.277. The van der Waals surface area contributed by atoms with Crippen molar-refractivity contribution in [1.82, 2.24) is 0 Å². The van der Waals surface area contributed by atoms with Crippen LogP contribution in [0.2, 0.25) is 0 Å². The Bertz CT molecular complexity index is 320. The van der Waals surface area contributed by atoms with Gasteiger partial charge in [0.2, 0.25) is 5.88 Å². The first-order valence-corrected chi connectivity index (χ1v) is 4.08. The first kappa shape index (κ1) is 7.23. The van der Waals surface area contributed by atoms with Crippen molar-refractivity contribution in [2.45, 2.75) is 25.7 Å². The van der Waals surface area contributed by atoms with Crippen molar-refractivity contribution in [1.29, 1.82) is 5.26 Å². The maximum Gasteiger partial charge on any atom is 0.204 e. The Labute approximate surface area is 71.1 Å². The Kier molecular flexibility index (Phi) is 1.54. The minimum Gasteiger partial charge on any atom is -0.445 e. The first-order valence-electron chi connectivity index (χ1n) is 4.08. The fourth-order valence-electron chi connectivity index (χ4n) is 1.68. The van der Waals surface area contributed by atoms with E-state index in [1.165, 1.54) is 5.57 Å². The van der Waals surface area contributed by atoms with Crippen molar-refractivity contribution in [2.24, 2.45) is 5.73 Å². The fourth-order valence-corrected chi connectivity index (χ4v) is 1.68. The summed E-state index contributed by atoms with van der Waals surface area (Å²) in [5.74, 6) is 1.31. The molecule has 0 unspecified atom stereocenters. The van der Waals surface area contributed by atoms with Crippen LogP contribution in [0.3, 0.4) is 0 Å². The van der Waals surface area contributed by atoms with E-state index in [4.69, 9.17) is 15.7 Å². The maximum absolute atomic E-state index is 8.69. The van der Waals surface area contributed by atoms with Gasteiger partial charge in [0.05, 0.1) is 5.57 Å². The number of ether oxygens (including phenoxy) is 1. The molecule has 1 aliphatic carbocycles. The third kappa shape index (κ3) is 0.964. The molecule has 0 saturated heterocycles. The molecule has 2 aliphatic rings. The molecule has 0 aromatic carbocycles. The smallest absolute Gasteiger partial charge is 0.204 e. The van der Waals surface area contributed by atoms with E-state index >= 15 is 0 Å². The minimum absolute atomic E-state index is 0.304. The molecule has 0 bridgehead atoms. The van der Waals surface area contributed by atoms with Gasteiger partial charge in [0.15, 0.2) is 0 Å². The highest BCUT2D eigenvalue weighted by molar-refractivity contribution is 5.35. The van der Waals surface area contributed by atoms with Gasteiger partial charge in [-0.1, -0.05) is 0 Å². The number of nitriles is 1. The molecule has 3 nitrogen and oxygen atoms in total. The molecule has 2 N–H and O–H groups in total. The van der Waals surface area contributed by atoms with Gasteiger partial charge in [-0.3, -0.25) is 0 Å². The van der Waals surface area contributed by atoms with Crippen LogP contribution in [0.4, 0.5) is 0 Å². The zero-order chi connectivity index (χ0) is 8.55. The second-order valence-corrected chi connectivity index (χ2v) is 3.11. The van der Waals surface area contributed by atoms with Gasteiger partial charge in [-0.15, -0.1) is 0 Å². The molecule has 0 aromatic rings. The highest BCUT2D eigenvalue weighted by Crippen LogP contribution is 2.36. The van der Waals surface area contributed by atoms with Crippen LogP contribution < -0.4 is 5.73 Å². The van der Waals surface area contributed by atoms with E-state index in [1.54, 1.807) is 0 Å². The van der Waals surface area contributed by atoms with Crippen LogP contribution in [0.1, 0.15) is 25.7 Å². The number of nitrogens with two attached hydrogens (primary N) is 1. The quantitative estimate of drug-likeness (QED) is 0.587. The molecule has 0 amide bonds. The molecule has 0 spiro atoms. The number of hydrogen-bond donors (Lipinski definition) is 1. The summed E-state index contributed by atoms with van der Waals surface area (Å²) in [6, 6.07) is 2.06. The average molecular weight is 162 g/mol. The summed E-state index contributed by atoms with van der Waals surface area (Å²) in [5, 5.41) is 8.69. The van der Waals surface area contributed by atoms with E-state index in [2.05, 4.69) is 6.07 Å². The van der Waals surface area contributed by atoms with Crippen LogP contribution in [0, 0.1) is 11.3 Å². The second-order valence-electron chi connectivity index (χ2n) is 3.11. The highest BCUT2D eigenvalue weighted by atomic mass is 16.5. The third-order valence-corrected chi connectivity index (χ3v) is 2.33. The van der Waals surface area contributed by atoms with Crippen molar-refractivity contribution in [2.75, 3.05) is 0 Å². The Morgan fingerprint density at radius 1 is 1.42 bits per heavy atom. The molecule has 12 heavy (non-hydrogen) atoms. The van der Waals surface area contributed by atoms with Crippen LogP contribution in [0.5, 0.6) is 0 Å². The van der Waals surface area contributed by atoms with Gasteiger partial charge in [-0.05, 0) is 18.4 Å². The van der Waals surface area contributed by atoms with Crippen LogP contribution in [-0.2, 0) is 4.74 Å². The highest BCUT2D eigenvalue weighted by Gasteiger charge is 2.24. The molecular formula is C9H10N2O. The molecule has 2 rings (SSSR count). The molecule has 1 heterocycles. The lowest BCUT2D eigenvalue weighted by Crippen LogP contribution is -2.11. The van der Waals surface area contributed by atoms with Crippen LogP contribution in [-0.4, -0.2) is 0 Å². The average Bonchev–Trinajstić information content (AvgIpc) is 2.49. The molecule has 0 radical (unpaired) electrons. The van der Waals surface area contributed by atoms with Crippen molar-refractivity contribution in [3.8, 4) is 6.07 Å². The van der Waals surface area contributed by atoms with E-state index in [0.717, 1.165) is 25.0 Å². The van der Waals surface area contributed by atoms with Gasteiger partial charge < -0.3 is 10.5 Å². The van der Waals surface area contributed by atoms with E-state index in [-0.39, 0.29) is 0 Å². The Balaban J connectivity index is 2.25. The normalized spacial score (nSPS) is 21.9. The van der Waals surface area contributed by atoms with Gasteiger partial charge in [0.1, 0.15) is 11.8 Å². The number of rotatable bonds is 0. The third-order valence-electron chi connectivity index (χ3n) is 2.33. The monoisotopic (exact) mass is 162 g/mol. The van der Waals surface area contributed by atoms with E-state index < -0.39 is 0 Å². The SMILES string of the molecule is N#CC1=C(N)OC2=C(CCC2)C1. The minimum atomic E-state index is 0.304. The fraction of sp³-hybridized carbons (Fsp3) is 0.444. The van der Waals surface area contributed by atoms with Crippen LogP contribution >= 0.6 is 0 Å². The van der Waals surface area contributed by atoms with Gasteiger partial charge >= 0.3 is 0 Å². The summed E-state index contributed by atoms with van der Waals surface area (Å²) in [6.45, 7) is 0. The van der Waals surface area contributed by atoms with E-state index in [9.17, 15) is 0 Å². The van der Waals surface area contributed by atoms with E-state index in [1.807, 2.05) is 0 Å². The molecular weight excluding hydrogens is 152 g/mol. The van der Waals surface area contributed by atoms with Gasteiger partial charge in [0.25, 0.3) is 0 Å². The molecule has 1 aliphatic heterocycles. The van der Waals surface area contributed by atoms with Gasteiger partial charge in [-0.2, -0.15) is 5.26 Å². The summed E-state index contributed by atoms with van der Waals surface area (Å²) in [6.07, 6.45) is 3.89. The predicted molar refractivity (Wildman–Crippen MR) is 43.4 cm³/mol. The summed E-state index contributed by atoms with van der Waals surface area (Å²) in [4.78, 5) is 0. The number of allylic oxidation sites excluding steroid dienone is 3. The molecule has 0 saturated carbocycles. The number of nitrogens with zero attached hydrogens (tertiary/aromatic N) is 1. The Hall–Kier alpha value is -1.43. The summed E-state index contributed by atoms with van der Waals surface area (Å²) >= 11 is 0. The maximum atomic E-state index is 8.69. The Morgan fingerprint density at radius 3 is 3.00 bits per heavy atom. The zero-order valence-electron chi connectivity index (χ0n) is 6.76. The van der Waals surface area contributed by atoms with Crippen molar-refractivity contribution in [3.05, 3.63) is 22.8 Å². The van der Waals surface area contributed by atoms with Gasteiger partial charge in [-0.25, -0.2) is 0 Å². The van der Waals surface area contributed by atoms with Crippen molar-refractivity contribution < 1.29 is 4.74 Å². The molecule has 0 fully saturated rings. The topological polar surface area (TPSA) is 59.0 Å². The first-order chi connectivity index (χ1) is 5.81.